The summed E-state index contributed by atoms with van der Waals surface area (Å²) in [6.45, 7) is 3.68. The molecular weight excluding hydrogens is 545 g/mol. The standard InChI is InChI=1S/C29H32FN7O3S/c30-23-17-21(33-28(41)35-26(38)16-20-6-2-1-3-7-20)8-9-24(23)40-27-18-25(31-19-32-27)34-29(39)37-14-10-22(11-15-37)36-12-4-5-13-36/h1-3,6-9,17-19,22H,4-5,10-16H2,(H,31,32,34,39)(H2,33,35,38,41). The van der Waals surface area contributed by atoms with Crippen LogP contribution in [0, 0.1) is 5.82 Å². The summed E-state index contributed by atoms with van der Waals surface area (Å²) in [5.41, 5.74) is 1.19. The third kappa shape index (κ3) is 7.95. The van der Waals surface area contributed by atoms with Gasteiger partial charge in [-0.15, -0.1) is 0 Å². The first-order valence-electron chi connectivity index (χ1n) is 13.7. The van der Waals surface area contributed by atoms with Crippen LogP contribution in [0.5, 0.6) is 11.6 Å². The predicted molar refractivity (Wildman–Crippen MR) is 157 cm³/mol. The molecule has 5 rings (SSSR count). The lowest BCUT2D eigenvalue weighted by Gasteiger charge is -2.36. The highest BCUT2D eigenvalue weighted by molar-refractivity contribution is 7.80. The first-order chi connectivity index (χ1) is 19.9. The van der Waals surface area contributed by atoms with E-state index in [0.29, 0.717) is 24.8 Å². The Morgan fingerprint density at radius 2 is 1.73 bits per heavy atom. The topological polar surface area (TPSA) is 112 Å². The van der Waals surface area contributed by atoms with Crippen molar-refractivity contribution in [3.05, 3.63) is 72.3 Å². The molecule has 0 spiro atoms. The van der Waals surface area contributed by atoms with Gasteiger partial charge in [-0.05, 0) is 68.7 Å². The van der Waals surface area contributed by atoms with Gasteiger partial charge in [0, 0.05) is 37.0 Å². The molecule has 2 aromatic carbocycles. The number of benzene rings is 2. The average molecular weight is 578 g/mol. The molecule has 3 heterocycles. The van der Waals surface area contributed by atoms with E-state index in [2.05, 4.69) is 30.8 Å². The molecule has 0 saturated carbocycles. The molecule has 1 aromatic heterocycles. The Morgan fingerprint density at radius 3 is 2.46 bits per heavy atom. The van der Waals surface area contributed by atoms with E-state index in [1.165, 1.54) is 37.4 Å². The molecule has 12 heteroatoms. The van der Waals surface area contributed by atoms with Gasteiger partial charge in [0.25, 0.3) is 0 Å². The SMILES string of the molecule is O=C(Cc1ccccc1)NC(=S)Nc1ccc(Oc2cc(NC(=O)N3CCC(N4CCCC4)CC3)ncn2)c(F)c1. The van der Waals surface area contributed by atoms with Crippen LogP contribution in [0.2, 0.25) is 0 Å². The zero-order valence-electron chi connectivity index (χ0n) is 22.5. The fourth-order valence-corrected chi connectivity index (χ4v) is 5.31. The summed E-state index contributed by atoms with van der Waals surface area (Å²) in [6.07, 6.45) is 5.85. The summed E-state index contributed by atoms with van der Waals surface area (Å²) in [5, 5.41) is 8.22. The third-order valence-corrected chi connectivity index (χ3v) is 7.35. The minimum Gasteiger partial charge on any atom is -0.436 e. The maximum atomic E-state index is 14.8. The first kappa shape index (κ1) is 28.4. The molecule has 2 fully saturated rings. The van der Waals surface area contributed by atoms with E-state index in [0.717, 1.165) is 31.5 Å². The Labute approximate surface area is 243 Å². The number of ether oxygens (including phenoxy) is 1. The number of anilines is 2. The molecule has 0 unspecified atom stereocenters. The van der Waals surface area contributed by atoms with E-state index in [4.69, 9.17) is 17.0 Å². The zero-order valence-corrected chi connectivity index (χ0v) is 23.3. The molecule has 3 amide bonds. The molecule has 0 radical (unpaired) electrons. The second-order valence-electron chi connectivity index (χ2n) is 10.0. The summed E-state index contributed by atoms with van der Waals surface area (Å²) in [6, 6.07) is 15.2. The van der Waals surface area contributed by atoms with Gasteiger partial charge in [0.1, 0.15) is 12.1 Å². The van der Waals surface area contributed by atoms with Crippen LogP contribution >= 0.6 is 12.2 Å². The third-order valence-electron chi connectivity index (χ3n) is 7.15. The Balaban J connectivity index is 1.11. The molecule has 0 atom stereocenters. The van der Waals surface area contributed by atoms with Crippen molar-refractivity contribution in [3.63, 3.8) is 0 Å². The van der Waals surface area contributed by atoms with Gasteiger partial charge in [-0.25, -0.2) is 19.2 Å². The minimum absolute atomic E-state index is 0.0513. The van der Waals surface area contributed by atoms with Gasteiger partial charge >= 0.3 is 6.03 Å². The maximum absolute atomic E-state index is 14.8. The summed E-state index contributed by atoms with van der Waals surface area (Å²) in [7, 11) is 0. The quantitative estimate of drug-likeness (QED) is 0.351. The Morgan fingerprint density at radius 1 is 0.976 bits per heavy atom. The molecular formula is C29H32FN7O3S. The van der Waals surface area contributed by atoms with Crippen LogP contribution in [0.3, 0.4) is 0 Å². The minimum atomic E-state index is -0.668. The lowest BCUT2D eigenvalue weighted by atomic mass is 10.0. The molecule has 0 aliphatic carbocycles. The lowest BCUT2D eigenvalue weighted by molar-refractivity contribution is -0.119. The average Bonchev–Trinajstić information content (AvgIpc) is 3.50. The first-order valence-corrected chi connectivity index (χ1v) is 14.1. The number of likely N-dealkylation sites (tertiary alicyclic amines) is 2. The Bertz CT molecular complexity index is 1380. The number of amides is 3. The number of hydrogen-bond donors (Lipinski definition) is 3. The highest BCUT2D eigenvalue weighted by Crippen LogP contribution is 2.27. The van der Waals surface area contributed by atoms with Crippen LogP contribution in [0.15, 0.2) is 60.9 Å². The number of nitrogens with one attached hydrogen (secondary N) is 3. The number of halogens is 1. The number of thiocarbonyl (C=S) groups is 1. The van der Waals surface area contributed by atoms with Crippen molar-refractivity contribution < 1.29 is 18.7 Å². The van der Waals surface area contributed by atoms with Crippen molar-refractivity contribution in [1.82, 2.24) is 25.1 Å². The summed E-state index contributed by atoms with van der Waals surface area (Å²) < 4.78 is 20.4. The van der Waals surface area contributed by atoms with Gasteiger partial charge in [0.05, 0.1) is 6.42 Å². The Hall–Kier alpha value is -4.16. The fraction of sp³-hybridized carbons (Fsp3) is 0.345. The van der Waals surface area contributed by atoms with Crippen molar-refractivity contribution in [2.45, 2.75) is 38.1 Å². The van der Waals surface area contributed by atoms with E-state index >= 15 is 0 Å². The van der Waals surface area contributed by atoms with Crippen LogP contribution < -0.4 is 20.7 Å². The maximum Gasteiger partial charge on any atom is 0.323 e. The number of nitrogens with zero attached hydrogens (tertiary/aromatic N) is 4. The van der Waals surface area contributed by atoms with Crippen molar-refractivity contribution in [1.29, 1.82) is 0 Å². The second-order valence-corrected chi connectivity index (χ2v) is 10.5. The highest BCUT2D eigenvalue weighted by Gasteiger charge is 2.28. The molecule has 10 nitrogen and oxygen atoms in total. The predicted octanol–water partition coefficient (Wildman–Crippen LogP) is 4.56. The van der Waals surface area contributed by atoms with Crippen molar-refractivity contribution >= 4 is 40.8 Å². The van der Waals surface area contributed by atoms with Crippen molar-refractivity contribution in [2.75, 3.05) is 36.8 Å². The number of rotatable bonds is 7. The second kappa shape index (κ2) is 13.5. The van der Waals surface area contributed by atoms with Gasteiger partial charge in [0.15, 0.2) is 16.7 Å². The molecule has 0 bridgehead atoms. The van der Waals surface area contributed by atoms with Gasteiger partial charge in [0.2, 0.25) is 11.8 Å². The van der Waals surface area contributed by atoms with Gasteiger partial charge in [-0.2, -0.15) is 0 Å². The number of carbonyl (C=O) groups excluding carboxylic acids is 2. The number of aromatic nitrogens is 2. The van der Waals surface area contributed by atoms with E-state index < -0.39 is 5.82 Å². The van der Waals surface area contributed by atoms with Crippen LogP contribution in [-0.2, 0) is 11.2 Å². The van der Waals surface area contributed by atoms with Crippen LogP contribution in [0.4, 0.5) is 20.7 Å². The van der Waals surface area contributed by atoms with Crippen LogP contribution in [0.25, 0.3) is 0 Å². The highest BCUT2D eigenvalue weighted by atomic mass is 32.1. The van der Waals surface area contributed by atoms with Crippen molar-refractivity contribution in [3.8, 4) is 11.6 Å². The van der Waals surface area contributed by atoms with Gasteiger partial charge in [-0.3, -0.25) is 10.1 Å². The molecule has 3 aromatic rings. The summed E-state index contributed by atoms with van der Waals surface area (Å²) in [4.78, 5) is 37.5. The number of carbonyl (C=O) groups is 2. The zero-order chi connectivity index (χ0) is 28.6. The molecule has 214 valence electrons. The molecule has 2 aliphatic rings. The fourth-order valence-electron chi connectivity index (χ4n) is 5.08. The van der Waals surface area contributed by atoms with Gasteiger partial charge in [-0.1, -0.05) is 30.3 Å². The summed E-state index contributed by atoms with van der Waals surface area (Å²) >= 11 is 5.18. The van der Waals surface area contributed by atoms with E-state index in [9.17, 15) is 14.0 Å². The molecule has 2 saturated heterocycles. The number of hydrogen-bond acceptors (Lipinski definition) is 7. The van der Waals surface area contributed by atoms with Crippen LogP contribution in [0.1, 0.15) is 31.2 Å². The van der Waals surface area contributed by atoms with Gasteiger partial charge < -0.3 is 25.2 Å². The molecule has 41 heavy (non-hydrogen) atoms. The Kier molecular flexibility index (Phi) is 9.32. The smallest absolute Gasteiger partial charge is 0.323 e. The van der Waals surface area contributed by atoms with E-state index in [1.807, 2.05) is 30.3 Å². The normalized spacial score (nSPS) is 15.8. The summed E-state index contributed by atoms with van der Waals surface area (Å²) in [5.74, 6) is -0.691. The van der Waals surface area contributed by atoms with Crippen LogP contribution in [-0.4, -0.2) is 69.0 Å². The number of urea groups is 1. The lowest BCUT2D eigenvalue weighted by Crippen LogP contribution is -2.47. The largest absolute Gasteiger partial charge is 0.436 e. The van der Waals surface area contributed by atoms with E-state index in [1.54, 1.807) is 11.0 Å². The number of piperidine rings is 1. The molecule has 3 N–H and O–H groups in total. The van der Waals surface area contributed by atoms with E-state index in [-0.39, 0.29) is 40.9 Å². The molecule has 2 aliphatic heterocycles. The van der Waals surface area contributed by atoms with Crippen molar-refractivity contribution in [2.24, 2.45) is 0 Å². The monoisotopic (exact) mass is 577 g/mol.